The molecule has 0 atom stereocenters. The maximum Gasteiger partial charge on any atom is -0.0575 e. The van der Waals surface area contributed by atoms with E-state index in [1.54, 1.807) is 0 Å². The van der Waals surface area contributed by atoms with Crippen LogP contribution in [0.3, 0.4) is 0 Å². The molecule has 0 aromatic carbocycles. The van der Waals surface area contributed by atoms with E-state index in [9.17, 15) is 5.11 Å². The van der Waals surface area contributed by atoms with Gasteiger partial charge in [0.15, 0.2) is 0 Å². The standard InChI is InChI=1S/C8H18B.C4H9O/c1-3-5-7-9-8-6-4-2;1-2-3-4-5/h3-8H2,1-2H3;2-4H2,1H3/q+1;-1. The maximum atomic E-state index is 9.53. The average Bonchev–Trinajstić information content (AvgIpc) is 2.20. The molecule has 0 unspecified atom stereocenters. The van der Waals surface area contributed by atoms with E-state index >= 15 is 0 Å². The molecule has 2 heteroatoms. The third-order valence-electron chi connectivity index (χ3n) is 2.02. The van der Waals surface area contributed by atoms with E-state index in [-0.39, 0.29) is 6.61 Å². The monoisotopic (exact) mass is 198 g/mol. The summed E-state index contributed by atoms with van der Waals surface area (Å²) in [6.07, 6.45) is 9.95. The van der Waals surface area contributed by atoms with Crippen LogP contribution in [0.4, 0.5) is 0 Å². The van der Waals surface area contributed by atoms with Gasteiger partial charge in [-0.15, -0.1) is 6.61 Å². The van der Waals surface area contributed by atoms with E-state index in [2.05, 4.69) is 21.1 Å². The van der Waals surface area contributed by atoms with Gasteiger partial charge in [0.1, 0.15) is 0 Å². The fraction of sp³-hybridized carbons (Fsp3) is 1.00. The predicted octanol–water partition coefficient (Wildman–Crippen LogP) is 3.27. The minimum atomic E-state index is 0.0938. The molecular formula is C12H27BO. The summed E-state index contributed by atoms with van der Waals surface area (Å²) in [5.74, 6) is 0. The molecule has 0 aromatic rings. The first-order valence-corrected chi connectivity index (χ1v) is 6.23. The number of rotatable bonds is 8. The third-order valence-corrected chi connectivity index (χ3v) is 2.02. The van der Waals surface area contributed by atoms with Crippen LogP contribution in [0, 0.1) is 0 Å². The molecule has 0 saturated heterocycles. The summed E-state index contributed by atoms with van der Waals surface area (Å²) in [7, 11) is 2.42. The second-order valence-corrected chi connectivity index (χ2v) is 3.63. The Bertz CT molecular complexity index is 68.7. The van der Waals surface area contributed by atoms with Gasteiger partial charge in [-0.25, -0.2) is 0 Å². The van der Waals surface area contributed by atoms with Crippen LogP contribution in [0.15, 0.2) is 0 Å². The molecule has 0 aromatic heterocycles. The van der Waals surface area contributed by atoms with E-state index < -0.39 is 0 Å². The Kier molecular flexibility index (Phi) is 22.0. The van der Waals surface area contributed by atoms with Gasteiger partial charge in [0.25, 0.3) is 0 Å². The van der Waals surface area contributed by atoms with Gasteiger partial charge in [0, 0.05) is 0 Å². The fourth-order valence-electron chi connectivity index (χ4n) is 0.986. The minimum Gasteiger partial charge on any atom is -0.854 e. The van der Waals surface area contributed by atoms with Gasteiger partial charge in [-0.3, -0.25) is 0 Å². The quantitative estimate of drug-likeness (QED) is 0.433. The Labute approximate surface area is 91.5 Å². The van der Waals surface area contributed by atoms with Crippen molar-refractivity contribution in [1.82, 2.24) is 0 Å². The molecule has 0 aliphatic heterocycles. The molecule has 0 heterocycles. The normalized spacial score (nSPS) is 8.86. The second kappa shape index (κ2) is 18.7. The second-order valence-electron chi connectivity index (χ2n) is 3.63. The predicted molar refractivity (Wildman–Crippen MR) is 65.0 cm³/mol. The Balaban J connectivity index is 0. The summed E-state index contributed by atoms with van der Waals surface area (Å²) in [5, 5.41) is 9.53. The molecule has 0 bridgehead atoms. The van der Waals surface area contributed by atoms with Crippen molar-refractivity contribution in [3.8, 4) is 0 Å². The molecule has 0 aliphatic rings. The van der Waals surface area contributed by atoms with Crippen molar-refractivity contribution in [2.75, 3.05) is 6.61 Å². The smallest absolute Gasteiger partial charge is 0.0575 e. The summed E-state index contributed by atoms with van der Waals surface area (Å²) in [6, 6.07) is 0. The zero-order valence-electron chi connectivity index (χ0n) is 10.3. The first kappa shape index (κ1) is 16.5. The van der Waals surface area contributed by atoms with Crippen molar-refractivity contribution < 1.29 is 5.11 Å². The number of hydrogen-bond acceptors (Lipinski definition) is 1. The van der Waals surface area contributed by atoms with Gasteiger partial charge in [-0.1, -0.05) is 19.8 Å². The fourth-order valence-corrected chi connectivity index (χ4v) is 0.986. The van der Waals surface area contributed by atoms with Crippen molar-refractivity contribution in [3.05, 3.63) is 0 Å². The van der Waals surface area contributed by atoms with Crippen LogP contribution < -0.4 is 5.11 Å². The van der Waals surface area contributed by atoms with Crippen LogP contribution in [0.2, 0.25) is 12.6 Å². The van der Waals surface area contributed by atoms with Gasteiger partial charge in [0.2, 0.25) is 0 Å². The van der Waals surface area contributed by atoms with Crippen molar-refractivity contribution in [1.29, 1.82) is 0 Å². The molecule has 14 heavy (non-hydrogen) atoms. The first-order valence-electron chi connectivity index (χ1n) is 6.23. The van der Waals surface area contributed by atoms with Crippen molar-refractivity contribution in [2.45, 2.75) is 71.9 Å². The SMILES string of the molecule is CCCC[B+]CCCC.CCCC[O-]. The minimum absolute atomic E-state index is 0.0938. The van der Waals surface area contributed by atoms with Crippen molar-refractivity contribution in [3.63, 3.8) is 0 Å². The van der Waals surface area contributed by atoms with Gasteiger partial charge in [-0.2, -0.15) is 0 Å². The van der Waals surface area contributed by atoms with Crippen LogP contribution in [-0.2, 0) is 0 Å². The van der Waals surface area contributed by atoms with Crippen LogP contribution in [-0.4, -0.2) is 13.9 Å². The molecule has 0 rings (SSSR count). The summed E-state index contributed by atoms with van der Waals surface area (Å²) < 4.78 is 0. The van der Waals surface area contributed by atoms with E-state index in [0.717, 1.165) is 12.8 Å². The number of hydrogen-bond donors (Lipinski definition) is 0. The van der Waals surface area contributed by atoms with Crippen LogP contribution >= 0.6 is 0 Å². The summed E-state index contributed by atoms with van der Waals surface area (Å²) >= 11 is 0. The largest absolute Gasteiger partial charge is 0.854 e. The van der Waals surface area contributed by atoms with E-state index in [0.29, 0.717) is 0 Å². The third kappa shape index (κ3) is 22.7. The summed E-state index contributed by atoms with van der Waals surface area (Å²) in [6.45, 7) is 6.59. The Morgan fingerprint density at radius 3 is 1.43 bits per heavy atom. The van der Waals surface area contributed by atoms with Gasteiger partial charge in [-0.05, 0) is 0 Å². The summed E-state index contributed by atoms with van der Waals surface area (Å²) in [5.41, 5.74) is 0. The Morgan fingerprint density at radius 2 is 1.21 bits per heavy atom. The molecule has 0 radical (unpaired) electrons. The zero-order chi connectivity index (χ0) is 11.1. The van der Waals surface area contributed by atoms with Crippen LogP contribution in [0.5, 0.6) is 0 Å². The van der Waals surface area contributed by atoms with Gasteiger partial charge in [0.05, 0.1) is 0 Å². The van der Waals surface area contributed by atoms with Gasteiger partial charge < -0.3 is 5.11 Å². The summed E-state index contributed by atoms with van der Waals surface area (Å²) in [4.78, 5) is 0. The molecule has 0 N–H and O–H groups in total. The average molecular weight is 198 g/mol. The van der Waals surface area contributed by atoms with Crippen molar-refractivity contribution >= 4 is 7.28 Å². The van der Waals surface area contributed by atoms with Crippen LogP contribution in [0.1, 0.15) is 59.3 Å². The van der Waals surface area contributed by atoms with E-state index in [4.69, 9.17) is 0 Å². The molecule has 84 valence electrons. The first-order chi connectivity index (χ1) is 6.83. The molecule has 0 spiro atoms. The molecule has 0 aliphatic carbocycles. The molecule has 0 saturated carbocycles. The molecule has 1 nitrogen and oxygen atoms in total. The molecule has 0 fully saturated rings. The molecular weight excluding hydrogens is 171 g/mol. The van der Waals surface area contributed by atoms with E-state index in [1.807, 2.05) is 6.92 Å². The maximum absolute atomic E-state index is 9.53. The Hall–Kier alpha value is 0.0249. The van der Waals surface area contributed by atoms with E-state index in [1.165, 1.54) is 38.3 Å². The number of unbranched alkanes of at least 4 members (excludes halogenated alkanes) is 3. The van der Waals surface area contributed by atoms with Crippen LogP contribution in [0.25, 0.3) is 0 Å². The van der Waals surface area contributed by atoms with Gasteiger partial charge >= 0.3 is 59.5 Å². The van der Waals surface area contributed by atoms with Crippen molar-refractivity contribution in [2.24, 2.45) is 0 Å². The topological polar surface area (TPSA) is 23.1 Å². The molecule has 0 amide bonds. The zero-order valence-corrected chi connectivity index (χ0v) is 10.3. The Morgan fingerprint density at radius 1 is 0.786 bits per heavy atom.